The number of nitrogens with zero attached hydrogens (tertiary/aromatic N) is 1. The molecule has 0 spiro atoms. The van der Waals surface area contributed by atoms with Gasteiger partial charge < -0.3 is 4.90 Å². The van der Waals surface area contributed by atoms with Crippen molar-refractivity contribution in [1.82, 2.24) is 0 Å². The number of para-hydroxylation sites is 1. The molecule has 0 amide bonds. The lowest BCUT2D eigenvalue weighted by Gasteiger charge is -2.28. The fraction of sp³-hybridized carbons (Fsp3) is 0.600. The minimum absolute atomic E-state index is 0.150. The molecular weight excluding hydrogens is 249 g/mol. The maximum Gasteiger partial charge on any atom is 0.146 e. The number of hydrogen-bond acceptors (Lipinski definition) is 1. The van der Waals surface area contributed by atoms with E-state index >= 15 is 0 Å². The normalized spacial score (nSPS) is 20.5. The molecule has 1 aliphatic rings. The van der Waals surface area contributed by atoms with Gasteiger partial charge >= 0.3 is 0 Å². The summed E-state index contributed by atoms with van der Waals surface area (Å²) in [5, 5.41) is 0. The van der Waals surface area contributed by atoms with E-state index in [4.69, 9.17) is 11.6 Å². The summed E-state index contributed by atoms with van der Waals surface area (Å²) in [5.41, 5.74) is 1.88. The Balaban J connectivity index is 2.24. The van der Waals surface area contributed by atoms with Crippen molar-refractivity contribution in [3.8, 4) is 0 Å². The van der Waals surface area contributed by atoms with Crippen molar-refractivity contribution in [2.45, 2.75) is 33.1 Å². The summed E-state index contributed by atoms with van der Waals surface area (Å²) in [6.45, 7) is 8.61. The van der Waals surface area contributed by atoms with Crippen LogP contribution in [-0.2, 0) is 5.88 Å². The molecule has 0 aromatic heterocycles. The average Bonchev–Trinajstić information content (AvgIpc) is 2.77. The predicted molar refractivity (Wildman–Crippen MR) is 75.7 cm³/mol. The largest absolute Gasteiger partial charge is 0.369 e. The molecule has 1 fully saturated rings. The third-order valence-electron chi connectivity index (χ3n) is 3.94. The van der Waals surface area contributed by atoms with Gasteiger partial charge in [-0.15, -0.1) is 11.6 Å². The highest BCUT2D eigenvalue weighted by atomic mass is 35.5. The average molecular weight is 270 g/mol. The van der Waals surface area contributed by atoms with Crippen LogP contribution in [0.15, 0.2) is 18.2 Å². The second-order valence-electron chi connectivity index (χ2n) is 6.18. The molecule has 0 aliphatic carbocycles. The molecule has 1 saturated heterocycles. The summed E-state index contributed by atoms with van der Waals surface area (Å²) in [6.07, 6.45) is 1.12. The van der Waals surface area contributed by atoms with Crippen LogP contribution in [0, 0.1) is 17.2 Å². The molecule has 1 aromatic rings. The smallest absolute Gasteiger partial charge is 0.146 e. The van der Waals surface area contributed by atoms with Crippen molar-refractivity contribution in [3.05, 3.63) is 29.6 Å². The molecule has 1 heterocycles. The lowest BCUT2D eigenvalue weighted by atomic mass is 9.80. The molecule has 0 radical (unpaired) electrons. The van der Waals surface area contributed by atoms with E-state index < -0.39 is 0 Å². The Morgan fingerprint density at radius 3 is 2.67 bits per heavy atom. The van der Waals surface area contributed by atoms with Gasteiger partial charge in [0.2, 0.25) is 0 Å². The minimum Gasteiger partial charge on any atom is -0.369 e. The van der Waals surface area contributed by atoms with Crippen LogP contribution in [0.3, 0.4) is 0 Å². The maximum atomic E-state index is 14.0. The zero-order chi connectivity index (χ0) is 13.3. The second kappa shape index (κ2) is 5.08. The quantitative estimate of drug-likeness (QED) is 0.718. The molecule has 2 rings (SSSR count). The predicted octanol–water partition coefficient (Wildman–Crippen LogP) is 4.44. The number of alkyl halides is 1. The van der Waals surface area contributed by atoms with E-state index in [9.17, 15) is 4.39 Å². The SMILES string of the molecule is CC(C)(C)C1CCN(c2c(F)cccc2CCl)C1. The van der Waals surface area contributed by atoms with Crippen molar-refractivity contribution < 1.29 is 4.39 Å². The first-order valence-corrected chi connectivity index (χ1v) is 7.05. The van der Waals surface area contributed by atoms with Crippen molar-refractivity contribution in [1.29, 1.82) is 0 Å². The van der Waals surface area contributed by atoms with E-state index in [2.05, 4.69) is 25.7 Å². The zero-order valence-corrected chi connectivity index (χ0v) is 12.1. The van der Waals surface area contributed by atoms with Gasteiger partial charge in [-0.05, 0) is 29.4 Å². The highest BCUT2D eigenvalue weighted by Crippen LogP contribution is 2.37. The van der Waals surface area contributed by atoms with Crippen LogP contribution in [0.4, 0.5) is 10.1 Å². The molecule has 1 aliphatic heterocycles. The molecule has 1 unspecified atom stereocenters. The Labute approximate surface area is 114 Å². The molecule has 0 bridgehead atoms. The molecular formula is C15H21ClFN. The topological polar surface area (TPSA) is 3.24 Å². The first kappa shape index (κ1) is 13.7. The highest BCUT2D eigenvalue weighted by molar-refractivity contribution is 6.17. The van der Waals surface area contributed by atoms with Crippen molar-refractivity contribution in [2.24, 2.45) is 11.3 Å². The molecule has 0 N–H and O–H groups in total. The van der Waals surface area contributed by atoms with E-state index in [1.807, 2.05) is 6.07 Å². The Hall–Kier alpha value is -0.760. The van der Waals surface area contributed by atoms with Crippen LogP contribution in [0.1, 0.15) is 32.8 Å². The van der Waals surface area contributed by atoms with Crippen LogP contribution >= 0.6 is 11.6 Å². The van der Waals surface area contributed by atoms with Gasteiger partial charge in [-0.25, -0.2) is 4.39 Å². The van der Waals surface area contributed by atoms with Crippen LogP contribution in [0.25, 0.3) is 0 Å². The molecule has 1 nitrogen and oxygen atoms in total. The monoisotopic (exact) mass is 269 g/mol. The molecule has 1 atom stereocenters. The fourth-order valence-corrected chi connectivity index (χ4v) is 2.91. The highest BCUT2D eigenvalue weighted by Gasteiger charge is 2.33. The van der Waals surface area contributed by atoms with Gasteiger partial charge in [0.1, 0.15) is 5.82 Å². The molecule has 1 aromatic carbocycles. The lowest BCUT2D eigenvalue weighted by Crippen LogP contribution is -2.27. The molecule has 3 heteroatoms. The summed E-state index contributed by atoms with van der Waals surface area (Å²) in [5.74, 6) is 0.826. The Morgan fingerprint density at radius 1 is 1.39 bits per heavy atom. The Bertz CT molecular complexity index is 425. The Morgan fingerprint density at radius 2 is 2.11 bits per heavy atom. The van der Waals surface area contributed by atoms with E-state index in [-0.39, 0.29) is 11.2 Å². The van der Waals surface area contributed by atoms with Gasteiger partial charge in [-0.1, -0.05) is 32.9 Å². The van der Waals surface area contributed by atoms with E-state index in [0.29, 0.717) is 17.5 Å². The first-order chi connectivity index (χ1) is 8.43. The lowest BCUT2D eigenvalue weighted by molar-refractivity contribution is 0.263. The number of hydrogen-bond donors (Lipinski definition) is 0. The third kappa shape index (κ3) is 2.64. The Kier molecular flexibility index (Phi) is 3.86. The van der Waals surface area contributed by atoms with Crippen LogP contribution < -0.4 is 4.90 Å². The van der Waals surface area contributed by atoms with Crippen molar-refractivity contribution in [3.63, 3.8) is 0 Å². The van der Waals surface area contributed by atoms with Crippen LogP contribution in [-0.4, -0.2) is 13.1 Å². The van der Waals surface area contributed by atoms with Crippen LogP contribution in [0.2, 0.25) is 0 Å². The van der Waals surface area contributed by atoms with Crippen LogP contribution in [0.5, 0.6) is 0 Å². The van der Waals surface area contributed by atoms with Crippen molar-refractivity contribution >= 4 is 17.3 Å². The number of benzene rings is 1. The molecule has 100 valence electrons. The summed E-state index contributed by atoms with van der Waals surface area (Å²) < 4.78 is 14.0. The maximum absolute atomic E-state index is 14.0. The number of anilines is 1. The third-order valence-corrected chi connectivity index (χ3v) is 4.23. The minimum atomic E-state index is -0.150. The van der Waals surface area contributed by atoms with E-state index in [0.717, 1.165) is 25.1 Å². The summed E-state index contributed by atoms with van der Waals surface area (Å²) in [6, 6.07) is 5.17. The van der Waals surface area contributed by atoms with Gasteiger partial charge in [0.15, 0.2) is 0 Å². The van der Waals surface area contributed by atoms with Crippen molar-refractivity contribution in [2.75, 3.05) is 18.0 Å². The standard InChI is InChI=1S/C15H21ClFN/c1-15(2,3)12-7-8-18(10-12)14-11(9-16)5-4-6-13(14)17/h4-6,12H,7-10H2,1-3H3. The molecule has 0 saturated carbocycles. The van der Waals surface area contributed by atoms with Gasteiger partial charge in [-0.2, -0.15) is 0 Å². The summed E-state index contributed by atoms with van der Waals surface area (Å²) in [4.78, 5) is 2.16. The zero-order valence-electron chi connectivity index (χ0n) is 11.3. The van der Waals surface area contributed by atoms with E-state index in [1.54, 1.807) is 6.07 Å². The summed E-state index contributed by atoms with van der Waals surface area (Å²) >= 11 is 5.92. The van der Waals surface area contributed by atoms with Gasteiger partial charge in [0.25, 0.3) is 0 Å². The number of halogens is 2. The fourth-order valence-electron chi connectivity index (χ4n) is 2.69. The first-order valence-electron chi connectivity index (χ1n) is 6.52. The van der Waals surface area contributed by atoms with E-state index in [1.165, 1.54) is 6.07 Å². The van der Waals surface area contributed by atoms with Gasteiger partial charge in [0, 0.05) is 19.0 Å². The summed E-state index contributed by atoms with van der Waals surface area (Å²) in [7, 11) is 0. The van der Waals surface area contributed by atoms with Gasteiger partial charge in [-0.3, -0.25) is 0 Å². The molecule has 18 heavy (non-hydrogen) atoms. The second-order valence-corrected chi connectivity index (χ2v) is 6.45. The van der Waals surface area contributed by atoms with Gasteiger partial charge in [0.05, 0.1) is 5.69 Å². The number of rotatable bonds is 2.